The maximum Gasteiger partial charge on any atom is 0.348 e. The molecule has 0 bridgehead atoms. The molecule has 5 heteroatoms. The fourth-order valence-electron chi connectivity index (χ4n) is 1.44. The lowest BCUT2D eigenvalue weighted by Crippen LogP contribution is -2.25. The van der Waals surface area contributed by atoms with Crippen LogP contribution in [0.4, 0.5) is 0 Å². The Morgan fingerprint density at radius 3 is 2.82 bits per heavy atom. The summed E-state index contributed by atoms with van der Waals surface area (Å²) in [5, 5.41) is 0. The standard InChI is InChI=1S/C12H16N2O3/c1-4-17-11(15)6-5-7-14-10(3)8-9(2)13-12(14)16/h5-6,8H,4,7H2,1-3H3/b6-5+. The highest BCUT2D eigenvalue weighted by Gasteiger charge is 2.01. The first-order chi connectivity index (χ1) is 8.04. The van der Waals surface area contributed by atoms with Gasteiger partial charge in [-0.25, -0.2) is 9.59 Å². The lowest BCUT2D eigenvalue weighted by atomic mass is 10.3. The van der Waals surface area contributed by atoms with Crippen LogP contribution in [-0.4, -0.2) is 22.1 Å². The van der Waals surface area contributed by atoms with Crippen LogP contribution < -0.4 is 5.69 Å². The third-order valence-electron chi connectivity index (χ3n) is 2.17. The molecule has 5 nitrogen and oxygen atoms in total. The first-order valence-electron chi connectivity index (χ1n) is 5.43. The molecule has 17 heavy (non-hydrogen) atoms. The molecule has 92 valence electrons. The molecule has 0 atom stereocenters. The molecule has 0 fully saturated rings. The van der Waals surface area contributed by atoms with Crippen molar-refractivity contribution in [2.75, 3.05) is 6.61 Å². The van der Waals surface area contributed by atoms with Gasteiger partial charge in [-0.1, -0.05) is 6.08 Å². The summed E-state index contributed by atoms with van der Waals surface area (Å²) in [6, 6.07) is 1.82. The largest absolute Gasteiger partial charge is 0.463 e. The van der Waals surface area contributed by atoms with E-state index in [-0.39, 0.29) is 5.69 Å². The second-order valence-corrected chi connectivity index (χ2v) is 3.59. The summed E-state index contributed by atoms with van der Waals surface area (Å²) in [6.07, 6.45) is 2.90. The van der Waals surface area contributed by atoms with Gasteiger partial charge in [0, 0.05) is 24.0 Å². The van der Waals surface area contributed by atoms with E-state index in [9.17, 15) is 9.59 Å². The van der Waals surface area contributed by atoms with E-state index in [0.29, 0.717) is 18.8 Å². The summed E-state index contributed by atoms with van der Waals surface area (Å²) < 4.78 is 6.22. The molecule has 0 aliphatic rings. The van der Waals surface area contributed by atoms with E-state index >= 15 is 0 Å². The summed E-state index contributed by atoms with van der Waals surface area (Å²) in [6.45, 7) is 6.00. The van der Waals surface area contributed by atoms with E-state index in [4.69, 9.17) is 4.74 Å². The predicted octanol–water partition coefficient (Wildman–Crippen LogP) is 0.979. The van der Waals surface area contributed by atoms with Crippen LogP contribution in [0.15, 0.2) is 23.0 Å². The van der Waals surface area contributed by atoms with Crippen molar-refractivity contribution < 1.29 is 9.53 Å². The first-order valence-corrected chi connectivity index (χ1v) is 5.43. The monoisotopic (exact) mass is 236 g/mol. The third-order valence-corrected chi connectivity index (χ3v) is 2.17. The van der Waals surface area contributed by atoms with Crippen LogP contribution in [0, 0.1) is 13.8 Å². The van der Waals surface area contributed by atoms with Crippen molar-refractivity contribution in [3.8, 4) is 0 Å². The molecule has 0 N–H and O–H groups in total. The second-order valence-electron chi connectivity index (χ2n) is 3.59. The molecule has 1 heterocycles. The van der Waals surface area contributed by atoms with Crippen molar-refractivity contribution >= 4 is 5.97 Å². The zero-order valence-corrected chi connectivity index (χ0v) is 10.3. The fourth-order valence-corrected chi connectivity index (χ4v) is 1.44. The van der Waals surface area contributed by atoms with E-state index in [2.05, 4.69) is 4.98 Å². The van der Waals surface area contributed by atoms with Crippen molar-refractivity contribution in [3.63, 3.8) is 0 Å². The predicted molar refractivity (Wildman–Crippen MR) is 63.7 cm³/mol. The maximum atomic E-state index is 11.6. The number of carbonyl (C=O) groups is 1. The third kappa shape index (κ3) is 3.86. The van der Waals surface area contributed by atoms with Gasteiger partial charge in [0.1, 0.15) is 0 Å². The van der Waals surface area contributed by atoms with Gasteiger partial charge in [0.2, 0.25) is 0 Å². The molecular formula is C12H16N2O3. The fraction of sp³-hybridized carbons (Fsp3) is 0.417. The van der Waals surface area contributed by atoms with E-state index < -0.39 is 5.97 Å². The Hall–Kier alpha value is -1.91. The summed E-state index contributed by atoms with van der Waals surface area (Å²) >= 11 is 0. The average Bonchev–Trinajstić information content (AvgIpc) is 2.22. The molecule has 0 amide bonds. The minimum atomic E-state index is -0.404. The summed E-state index contributed by atoms with van der Waals surface area (Å²) in [4.78, 5) is 26.4. The Morgan fingerprint density at radius 2 is 2.24 bits per heavy atom. The highest BCUT2D eigenvalue weighted by Crippen LogP contribution is 1.97. The normalized spacial score (nSPS) is 10.8. The highest BCUT2D eigenvalue weighted by atomic mass is 16.5. The first kappa shape index (κ1) is 13.2. The van der Waals surface area contributed by atoms with Gasteiger partial charge in [-0.3, -0.25) is 4.57 Å². The van der Waals surface area contributed by atoms with Crippen LogP contribution >= 0.6 is 0 Å². The van der Waals surface area contributed by atoms with Crippen molar-refractivity contribution in [2.45, 2.75) is 27.3 Å². The van der Waals surface area contributed by atoms with Gasteiger partial charge in [-0.15, -0.1) is 0 Å². The quantitative estimate of drug-likeness (QED) is 0.577. The topological polar surface area (TPSA) is 61.2 Å². The van der Waals surface area contributed by atoms with Crippen molar-refractivity contribution in [2.24, 2.45) is 0 Å². The van der Waals surface area contributed by atoms with E-state index in [1.807, 2.05) is 13.0 Å². The molecule has 0 radical (unpaired) electrons. The van der Waals surface area contributed by atoms with E-state index in [1.54, 1.807) is 19.9 Å². The zero-order chi connectivity index (χ0) is 12.8. The summed E-state index contributed by atoms with van der Waals surface area (Å²) in [5.74, 6) is -0.404. The van der Waals surface area contributed by atoms with Crippen LogP contribution in [-0.2, 0) is 16.1 Å². The lowest BCUT2D eigenvalue weighted by Gasteiger charge is -2.06. The van der Waals surface area contributed by atoms with Gasteiger partial charge in [-0.2, -0.15) is 4.98 Å². The molecule has 0 unspecified atom stereocenters. The van der Waals surface area contributed by atoms with Crippen molar-refractivity contribution in [3.05, 3.63) is 40.1 Å². The molecule has 0 saturated carbocycles. The van der Waals surface area contributed by atoms with Gasteiger partial charge >= 0.3 is 11.7 Å². The number of carbonyl (C=O) groups excluding carboxylic acids is 1. The Labute approximate surface area is 99.7 Å². The number of hydrogen-bond donors (Lipinski definition) is 0. The van der Waals surface area contributed by atoms with Gasteiger partial charge in [0.05, 0.1) is 6.61 Å². The number of aryl methyl sites for hydroxylation is 2. The molecule has 0 spiro atoms. The number of rotatable bonds is 4. The number of allylic oxidation sites excluding steroid dienone is 1. The number of ether oxygens (including phenoxy) is 1. The minimum absolute atomic E-state index is 0.309. The zero-order valence-electron chi connectivity index (χ0n) is 10.3. The summed E-state index contributed by atoms with van der Waals surface area (Å²) in [7, 11) is 0. The average molecular weight is 236 g/mol. The van der Waals surface area contributed by atoms with Gasteiger partial charge in [0.25, 0.3) is 0 Å². The van der Waals surface area contributed by atoms with E-state index in [1.165, 1.54) is 10.6 Å². The Balaban J connectivity index is 2.77. The highest BCUT2D eigenvalue weighted by molar-refractivity contribution is 5.81. The van der Waals surface area contributed by atoms with Gasteiger partial charge < -0.3 is 4.74 Å². The van der Waals surface area contributed by atoms with Crippen LogP contribution in [0.1, 0.15) is 18.3 Å². The maximum absolute atomic E-state index is 11.6. The smallest absolute Gasteiger partial charge is 0.348 e. The molecule has 1 rings (SSSR count). The Morgan fingerprint density at radius 1 is 1.53 bits per heavy atom. The van der Waals surface area contributed by atoms with Crippen LogP contribution in [0.3, 0.4) is 0 Å². The summed E-state index contributed by atoms with van der Waals surface area (Å²) in [5.41, 5.74) is 1.20. The van der Waals surface area contributed by atoms with Crippen LogP contribution in [0.2, 0.25) is 0 Å². The molecule has 0 saturated heterocycles. The van der Waals surface area contributed by atoms with Crippen LogP contribution in [0.5, 0.6) is 0 Å². The Kier molecular flexibility index (Phi) is 4.63. The van der Waals surface area contributed by atoms with E-state index in [0.717, 1.165) is 5.69 Å². The lowest BCUT2D eigenvalue weighted by molar-refractivity contribution is -0.137. The van der Waals surface area contributed by atoms with Crippen LogP contribution in [0.25, 0.3) is 0 Å². The second kappa shape index (κ2) is 5.98. The molecule has 0 aromatic carbocycles. The minimum Gasteiger partial charge on any atom is -0.463 e. The Bertz CT molecular complexity index is 489. The number of esters is 1. The SMILES string of the molecule is CCOC(=O)/C=C/Cn1c(C)cc(C)nc1=O. The number of aromatic nitrogens is 2. The molecule has 0 aliphatic heterocycles. The molecule has 1 aromatic heterocycles. The molecule has 0 aliphatic carbocycles. The van der Waals surface area contributed by atoms with Crippen molar-refractivity contribution in [1.29, 1.82) is 0 Å². The molecule has 1 aromatic rings. The van der Waals surface area contributed by atoms with Crippen molar-refractivity contribution in [1.82, 2.24) is 9.55 Å². The van der Waals surface area contributed by atoms with Gasteiger partial charge in [-0.05, 0) is 26.8 Å². The number of nitrogens with zero attached hydrogens (tertiary/aromatic N) is 2. The molecular weight excluding hydrogens is 220 g/mol. The van der Waals surface area contributed by atoms with Gasteiger partial charge in [0.15, 0.2) is 0 Å². The number of hydrogen-bond acceptors (Lipinski definition) is 4.